The van der Waals surface area contributed by atoms with Crippen LogP contribution in [-0.2, 0) is 9.59 Å². The number of anilines is 1. The van der Waals surface area contributed by atoms with Gasteiger partial charge in [0.05, 0.1) is 7.11 Å². The molecule has 0 radical (unpaired) electrons. The summed E-state index contributed by atoms with van der Waals surface area (Å²) in [5.41, 5.74) is 1.13. The molecule has 1 aliphatic rings. The Labute approximate surface area is 150 Å². The van der Waals surface area contributed by atoms with Gasteiger partial charge in [-0.2, -0.15) is 0 Å². The third-order valence-electron chi connectivity index (χ3n) is 4.65. The first-order valence-corrected chi connectivity index (χ1v) is 8.96. The number of amides is 2. The second-order valence-corrected chi connectivity index (χ2v) is 6.41. The number of rotatable bonds is 7. The van der Waals surface area contributed by atoms with Crippen LogP contribution >= 0.6 is 0 Å². The summed E-state index contributed by atoms with van der Waals surface area (Å²) in [5, 5.41) is 0. The van der Waals surface area contributed by atoms with Crippen LogP contribution in [0.1, 0.15) is 26.2 Å². The topological polar surface area (TPSA) is 53.1 Å². The number of carbonyl (C=O) groups excluding carboxylic acids is 2. The molecular formula is C19H29N3O3. The van der Waals surface area contributed by atoms with E-state index < -0.39 is 0 Å². The molecule has 0 aliphatic carbocycles. The molecule has 0 N–H and O–H groups in total. The van der Waals surface area contributed by atoms with Crippen LogP contribution in [0.5, 0.6) is 5.75 Å². The second kappa shape index (κ2) is 9.30. The fourth-order valence-corrected chi connectivity index (χ4v) is 2.90. The van der Waals surface area contributed by atoms with Crippen LogP contribution in [0.15, 0.2) is 24.3 Å². The van der Waals surface area contributed by atoms with Gasteiger partial charge in [-0.25, -0.2) is 0 Å². The number of carbonyl (C=O) groups is 2. The molecule has 1 aromatic rings. The lowest BCUT2D eigenvalue weighted by atomic mass is 10.2. The fourth-order valence-electron chi connectivity index (χ4n) is 2.90. The van der Waals surface area contributed by atoms with Crippen molar-refractivity contribution in [1.29, 1.82) is 0 Å². The maximum atomic E-state index is 12.4. The van der Waals surface area contributed by atoms with E-state index in [0.717, 1.165) is 37.4 Å². The molecule has 2 rings (SSSR count). The molecule has 6 nitrogen and oxygen atoms in total. The van der Waals surface area contributed by atoms with Crippen molar-refractivity contribution in [1.82, 2.24) is 9.80 Å². The fraction of sp³-hybridized carbons (Fsp3) is 0.579. The SMILES string of the molecule is CCCCN(C)C(=O)CC(=O)N1CCN(c2ccc(OC)cc2)CC1. The van der Waals surface area contributed by atoms with E-state index in [4.69, 9.17) is 4.74 Å². The van der Waals surface area contributed by atoms with E-state index in [2.05, 4.69) is 11.8 Å². The van der Waals surface area contributed by atoms with Gasteiger partial charge in [0.15, 0.2) is 0 Å². The highest BCUT2D eigenvalue weighted by molar-refractivity contribution is 5.96. The van der Waals surface area contributed by atoms with Gasteiger partial charge < -0.3 is 19.4 Å². The molecule has 0 spiro atoms. The Morgan fingerprint density at radius 3 is 2.32 bits per heavy atom. The van der Waals surface area contributed by atoms with Gasteiger partial charge >= 0.3 is 0 Å². The van der Waals surface area contributed by atoms with E-state index in [1.54, 1.807) is 24.0 Å². The highest BCUT2D eigenvalue weighted by Crippen LogP contribution is 2.20. The van der Waals surface area contributed by atoms with E-state index in [9.17, 15) is 9.59 Å². The van der Waals surface area contributed by atoms with Gasteiger partial charge in [0.2, 0.25) is 11.8 Å². The Hall–Kier alpha value is -2.24. The normalized spacial score (nSPS) is 14.4. The monoisotopic (exact) mass is 347 g/mol. The maximum absolute atomic E-state index is 12.4. The summed E-state index contributed by atoms with van der Waals surface area (Å²) in [5.74, 6) is 0.682. The molecule has 0 aromatic heterocycles. The summed E-state index contributed by atoms with van der Waals surface area (Å²) in [7, 11) is 3.42. The minimum Gasteiger partial charge on any atom is -0.497 e. The highest BCUT2D eigenvalue weighted by atomic mass is 16.5. The summed E-state index contributed by atoms with van der Waals surface area (Å²) in [6.07, 6.45) is 1.98. The molecule has 0 saturated carbocycles. The number of ether oxygens (including phenoxy) is 1. The van der Waals surface area contributed by atoms with Gasteiger partial charge in [-0.3, -0.25) is 9.59 Å². The largest absolute Gasteiger partial charge is 0.497 e. The molecule has 1 heterocycles. The van der Waals surface area contributed by atoms with Crippen molar-refractivity contribution in [3.8, 4) is 5.75 Å². The first-order valence-electron chi connectivity index (χ1n) is 8.96. The summed E-state index contributed by atoms with van der Waals surface area (Å²) < 4.78 is 5.18. The van der Waals surface area contributed by atoms with Crippen LogP contribution in [0.4, 0.5) is 5.69 Å². The summed E-state index contributed by atoms with van der Waals surface area (Å²) in [6.45, 7) is 5.66. The highest BCUT2D eigenvalue weighted by Gasteiger charge is 2.24. The molecule has 1 saturated heterocycles. The Bertz CT molecular complexity index is 566. The number of piperazine rings is 1. The second-order valence-electron chi connectivity index (χ2n) is 6.41. The molecule has 1 aliphatic heterocycles. The van der Waals surface area contributed by atoms with Crippen LogP contribution in [0.3, 0.4) is 0 Å². The predicted molar refractivity (Wildman–Crippen MR) is 98.9 cm³/mol. The molecule has 25 heavy (non-hydrogen) atoms. The van der Waals surface area contributed by atoms with E-state index in [1.165, 1.54) is 0 Å². The van der Waals surface area contributed by atoms with Crippen LogP contribution in [0, 0.1) is 0 Å². The Morgan fingerprint density at radius 2 is 1.76 bits per heavy atom. The van der Waals surface area contributed by atoms with Gasteiger partial charge in [0, 0.05) is 45.5 Å². The van der Waals surface area contributed by atoms with Gasteiger partial charge in [0.25, 0.3) is 0 Å². The average molecular weight is 347 g/mol. The molecule has 0 bridgehead atoms. The number of benzene rings is 1. The smallest absolute Gasteiger partial charge is 0.232 e. The van der Waals surface area contributed by atoms with Crippen molar-refractivity contribution in [3.63, 3.8) is 0 Å². The summed E-state index contributed by atoms with van der Waals surface area (Å²) in [4.78, 5) is 30.2. The summed E-state index contributed by atoms with van der Waals surface area (Å²) >= 11 is 0. The van der Waals surface area contributed by atoms with E-state index in [0.29, 0.717) is 19.6 Å². The van der Waals surface area contributed by atoms with Gasteiger partial charge in [0.1, 0.15) is 12.2 Å². The van der Waals surface area contributed by atoms with Gasteiger partial charge in [-0.1, -0.05) is 13.3 Å². The van der Waals surface area contributed by atoms with Crippen molar-refractivity contribution in [3.05, 3.63) is 24.3 Å². The zero-order valence-corrected chi connectivity index (χ0v) is 15.5. The van der Waals surface area contributed by atoms with Crippen molar-refractivity contribution in [2.24, 2.45) is 0 Å². The van der Waals surface area contributed by atoms with Crippen molar-refractivity contribution >= 4 is 17.5 Å². The third-order valence-corrected chi connectivity index (χ3v) is 4.65. The lowest BCUT2D eigenvalue weighted by molar-refractivity contribution is -0.140. The third kappa shape index (κ3) is 5.37. The molecule has 1 aromatic carbocycles. The Balaban J connectivity index is 1.80. The number of hydrogen-bond donors (Lipinski definition) is 0. The van der Waals surface area contributed by atoms with E-state index in [-0.39, 0.29) is 18.2 Å². The van der Waals surface area contributed by atoms with Crippen LogP contribution in [0.25, 0.3) is 0 Å². The number of hydrogen-bond acceptors (Lipinski definition) is 4. The van der Waals surface area contributed by atoms with E-state index in [1.807, 2.05) is 24.3 Å². The lowest BCUT2D eigenvalue weighted by Gasteiger charge is -2.36. The number of nitrogens with zero attached hydrogens (tertiary/aromatic N) is 3. The van der Waals surface area contributed by atoms with Crippen molar-refractivity contribution in [2.75, 3.05) is 51.8 Å². The van der Waals surface area contributed by atoms with E-state index >= 15 is 0 Å². The minimum atomic E-state index is -0.0870. The quantitative estimate of drug-likeness (QED) is 0.708. The first-order chi connectivity index (χ1) is 12.0. The maximum Gasteiger partial charge on any atom is 0.232 e. The number of unbranched alkanes of at least 4 members (excludes halogenated alkanes) is 1. The molecule has 0 unspecified atom stereocenters. The molecule has 6 heteroatoms. The van der Waals surface area contributed by atoms with Gasteiger partial charge in [-0.15, -0.1) is 0 Å². The molecule has 2 amide bonds. The lowest BCUT2D eigenvalue weighted by Crippen LogP contribution is -2.49. The molecule has 138 valence electrons. The molecule has 0 atom stereocenters. The zero-order valence-electron chi connectivity index (χ0n) is 15.5. The zero-order chi connectivity index (χ0) is 18.2. The Morgan fingerprint density at radius 1 is 1.12 bits per heavy atom. The summed E-state index contributed by atoms with van der Waals surface area (Å²) in [6, 6.07) is 7.94. The van der Waals surface area contributed by atoms with Crippen LogP contribution in [-0.4, -0.2) is 68.5 Å². The standard InChI is InChI=1S/C19H29N3O3/c1-4-5-10-20(2)18(23)15-19(24)22-13-11-21(12-14-22)16-6-8-17(25-3)9-7-16/h6-9H,4-5,10-15H2,1-3H3. The van der Waals surface area contributed by atoms with Gasteiger partial charge in [-0.05, 0) is 30.7 Å². The molecule has 1 fully saturated rings. The average Bonchev–Trinajstić information content (AvgIpc) is 2.66. The predicted octanol–water partition coefficient (Wildman–Crippen LogP) is 1.99. The number of methoxy groups -OCH3 is 1. The van der Waals surface area contributed by atoms with Crippen LogP contribution in [0.2, 0.25) is 0 Å². The Kier molecular flexibility index (Phi) is 7.10. The van der Waals surface area contributed by atoms with Crippen molar-refractivity contribution < 1.29 is 14.3 Å². The molecular weight excluding hydrogens is 318 g/mol. The van der Waals surface area contributed by atoms with Crippen LogP contribution < -0.4 is 9.64 Å². The minimum absolute atomic E-state index is 0.0250. The first kappa shape index (κ1) is 19.1. The van der Waals surface area contributed by atoms with Crippen molar-refractivity contribution in [2.45, 2.75) is 26.2 Å².